The van der Waals surface area contributed by atoms with E-state index in [0.29, 0.717) is 45.2 Å². The maximum atomic E-state index is 12.9. The van der Waals surface area contributed by atoms with Crippen LogP contribution in [0.5, 0.6) is 0 Å². The highest BCUT2D eigenvalue weighted by molar-refractivity contribution is 7.52. The topological polar surface area (TPSA) is 130 Å². The summed E-state index contributed by atoms with van der Waals surface area (Å²) in [5, 5.41) is 9.32. The molecule has 1 aromatic carbocycles. The lowest BCUT2D eigenvalue weighted by atomic mass is 10.1. The number of carbonyl (C=O) groups excluding carboxylic acids is 1. The number of aliphatic carboxylic acids is 1. The van der Waals surface area contributed by atoms with Crippen molar-refractivity contribution in [1.82, 2.24) is 4.90 Å². The van der Waals surface area contributed by atoms with Gasteiger partial charge in [0.2, 0.25) is 0 Å². The first kappa shape index (κ1) is 22.6. The summed E-state index contributed by atoms with van der Waals surface area (Å²) in [6.07, 6.45) is 1.49. The lowest BCUT2D eigenvalue weighted by Crippen LogP contribution is -2.46. The second kappa shape index (κ2) is 10.7. The zero-order chi connectivity index (χ0) is 20.6. The van der Waals surface area contributed by atoms with E-state index in [2.05, 4.69) is 0 Å². The summed E-state index contributed by atoms with van der Waals surface area (Å²) in [5.41, 5.74) is 6.40. The smallest absolute Gasteiger partial charge is 0.329 e. The Bertz CT molecular complexity index is 699. The predicted octanol–water partition coefficient (Wildman–Crippen LogP) is 2.00. The van der Waals surface area contributed by atoms with E-state index < -0.39 is 31.6 Å². The molecule has 28 heavy (non-hydrogen) atoms. The number of benzene rings is 1. The van der Waals surface area contributed by atoms with Gasteiger partial charge in [-0.1, -0.05) is 30.3 Å². The second-order valence-corrected chi connectivity index (χ2v) is 8.94. The Morgan fingerprint density at radius 1 is 1.29 bits per heavy atom. The van der Waals surface area contributed by atoms with E-state index in [-0.39, 0.29) is 12.6 Å². The standard InChI is InChI=1S/C19H29N2O6P/c20-12-5-4-10-17(18(22)21-13-6-9-16(21)19(23)24)27-28(25,26)14-11-15-7-2-1-3-8-15/h1-3,7-8,16-17H,4-6,9-14,20H2,(H,23,24)(H,25,26)/t16-,17?/m0/s1. The Hall–Kier alpha value is -1.73. The third kappa shape index (κ3) is 6.71. The van der Waals surface area contributed by atoms with E-state index in [1.165, 1.54) is 4.90 Å². The van der Waals surface area contributed by atoms with Crippen LogP contribution in [0.4, 0.5) is 0 Å². The van der Waals surface area contributed by atoms with Crippen LogP contribution in [0.2, 0.25) is 0 Å². The third-order valence-corrected chi connectivity index (χ3v) is 6.21. The summed E-state index contributed by atoms with van der Waals surface area (Å²) >= 11 is 0. The summed E-state index contributed by atoms with van der Waals surface area (Å²) in [6.45, 7) is 0.749. The van der Waals surface area contributed by atoms with Gasteiger partial charge in [-0.15, -0.1) is 0 Å². The zero-order valence-electron chi connectivity index (χ0n) is 15.9. The lowest BCUT2D eigenvalue weighted by Gasteiger charge is -2.28. The van der Waals surface area contributed by atoms with Crippen LogP contribution in [0.1, 0.15) is 37.7 Å². The van der Waals surface area contributed by atoms with Gasteiger partial charge in [0.1, 0.15) is 12.1 Å². The van der Waals surface area contributed by atoms with E-state index >= 15 is 0 Å². The molecule has 4 N–H and O–H groups in total. The van der Waals surface area contributed by atoms with Crippen molar-refractivity contribution in [3.8, 4) is 0 Å². The molecule has 1 aliphatic heterocycles. The van der Waals surface area contributed by atoms with Crippen molar-refractivity contribution in [2.45, 2.75) is 50.7 Å². The largest absolute Gasteiger partial charge is 0.480 e. The minimum Gasteiger partial charge on any atom is -0.480 e. The van der Waals surface area contributed by atoms with E-state index in [4.69, 9.17) is 10.3 Å². The third-order valence-electron chi connectivity index (χ3n) is 4.83. The van der Waals surface area contributed by atoms with Crippen LogP contribution in [-0.2, 0) is 25.1 Å². The van der Waals surface area contributed by atoms with Gasteiger partial charge in [0.15, 0.2) is 0 Å². The van der Waals surface area contributed by atoms with Crippen molar-refractivity contribution in [1.29, 1.82) is 0 Å². The molecule has 1 aliphatic rings. The molecule has 2 rings (SSSR count). The molecule has 1 aromatic rings. The summed E-state index contributed by atoms with van der Waals surface area (Å²) in [4.78, 5) is 35.8. The van der Waals surface area contributed by atoms with Crippen molar-refractivity contribution in [3.05, 3.63) is 35.9 Å². The maximum absolute atomic E-state index is 12.9. The van der Waals surface area contributed by atoms with Crippen LogP contribution in [0, 0.1) is 0 Å². The lowest BCUT2D eigenvalue weighted by molar-refractivity contribution is -0.151. The van der Waals surface area contributed by atoms with Crippen molar-refractivity contribution < 1.29 is 28.7 Å². The maximum Gasteiger partial charge on any atom is 0.329 e. The normalized spacial score (nSPS) is 19.9. The molecule has 8 nitrogen and oxygen atoms in total. The summed E-state index contributed by atoms with van der Waals surface area (Å²) in [6, 6.07) is 8.35. The fourth-order valence-electron chi connectivity index (χ4n) is 3.33. The Morgan fingerprint density at radius 3 is 2.64 bits per heavy atom. The fraction of sp³-hybridized carbons (Fsp3) is 0.579. The quantitative estimate of drug-likeness (QED) is 0.374. The van der Waals surface area contributed by atoms with E-state index in [0.717, 1.165) is 5.56 Å². The number of rotatable bonds is 11. The number of carboxylic acids is 1. The Morgan fingerprint density at radius 2 is 2.00 bits per heavy atom. The molecule has 3 atom stereocenters. The molecule has 1 saturated heterocycles. The van der Waals surface area contributed by atoms with Gasteiger partial charge in [0, 0.05) is 6.54 Å². The van der Waals surface area contributed by atoms with Crippen LogP contribution < -0.4 is 5.73 Å². The minimum absolute atomic E-state index is 0.111. The highest BCUT2D eigenvalue weighted by Gasteiger charge is 2.39. The van der Waals surface area contributed by atoms with Gasteiger partial charge in [0.05, 0.1) is 6.16 Å². The van der Waals surface area contributed by atoms with Crippen LogP contribution in [0.25, 0.3) is 0 Å². The molecule has 0 spiro atoms. The first-order chi connectivity index (χ1) is 13.3. The Labute approximate surface area is 165 Å². The monoisotopic (exact) mass is 412 g/mol. The highest BCUT2D eigenvalue weighted by atomic mass is 31.2. The summed E-state index contributed by atoms with van der Waals surface area (Å²) in [7, 11) is -4.03. The number of unbranched alkanes of at least 4 members (excludes halogenated alkanes) is 1. The number of carboxylic acid groups (broad SMARTS) is 1. The molecule has 9 heteroatoms. The molecule has 1 fully saturated rings. The van der Waals surface area contributed by atoms with Gasteiger partial charge in [-0.25, -0.2) is 4.79 Å². The van der Waals surface area contributed by atoms with Crippen molar-refractivity contribution in [3.63, 3.8) is 0 Å². The SMILES string of the molecule is NCCCCC(OP(=O)(O)CCc1ccccc1)C(=O)N1CCC[C@H]1C(=O)O. The van der Waals surface area contributed by atoms with Crippen molar-refractivity contribution >= 4 is 19.5 Å². The van der Waals surface area contributed by atoms with E-state index in [1.54, 1.807) is 0 Å². The molecular weight excluding hydrogens is 383 g/mol. The molecule has 0 aromatic heterocycles. The molecule has 0 radical (unpaired) electrons. The van der Waals surface area contributed by atoms with E-state index in [1.807, 2.05) is 30.3 Å². The summed E-state index contributed by atoms with van der Waals surface area (Å²) in [5.74, 6) is -1.60. The van der Waals surface area contributed by atoms with Crippen LogP contribution in [0.3, 0.4) is 0 Å². The molecule has 0 bridgehead atoms. The minimum atomic E-state index is -4.03. The fourth-order valence-corrected chi connectivity index (χ4v) is 4.57. The van der Waals surface area contributed by atoms with E-state index in [9.17, 15) is 24.2 Å². The van der Waals surface area contributed by atoms with Crippen LogP contribution >= 0.6 is 7.60 Å². The molecule has 156 valence electrons. The van der Waals surface area contributed by atoms with Crippen LogP contribution in [-0.4, -0.2) is 58.2 Å². The zero-order valence-corrected chi connectivity index (χ0v) is 16.8. The first-order valence-corrected chi connectivity index (χ1v) is 11.4. The highest BCUT2D eigenvalue weighted by Crippen LogP contribution is 2.45. The number of hydrogen-bond acceptors (Lipinski definition) is 5. The van der Waals surface area contributed by atoms with Gasteiger partial charge in [-0.2, -0.15) is 0 Å². The number of hydrogen-bond donors (Lipinski definition) is 3. The van der Waals surface area contributed by atoms with Gasteiger partial charge >= 0.3 is 13.6 Å². The number of nitrogens with zero attached hydrogens (tertiary/aromatic N) is 1. The number of carbonyl (C=O) groups is 2. The molecular formula is C19H29N2O6P. The van der Waals surface area contributed by atoms with Gasteiger partial charge in [-0.05, 0) is 50.6 Å². The summed E-state index contributed by atoms with van der Waals surface area (Å²) < 4.78 is 18.0. The average Bonchev–Trinajstić information content (AvgIpc) is 3.16. The van der Waals surface area contributed by atoms with Crippen molar-refractivity contribution in [2.75, 3.05) is 19.3 Å². The Balaban J connectivity index is 2.05. The number of aryl methyl sites for hydroxylation is 1. The molecule has 0 saturated carbocycles. The molecule has 2 unspecified atom stereocenters. The van der Waals surface area contributed by atoms with Gasteiger partial charge in [0.25, 0.3) is 5.91 Å². The Kier molecular flexibility index (Phi) is 8.63. The van der Waals surface area contributed by atoms with Crippen LogP contribution in [0.15, 0.2) is 30.3 Å². The first-order valence-electron chi connectivity index (χ1n) is 9.61. The predicted molar refractivity (Wildman–Crippen MR) is 105 cm³/mol. The van der Waals surface area contributed by atoms with Crippen molar-refractivity contribution in [2.24, 2.45) is 5.73 Å². The molecule has 1 heterocycles. The second-order valence-electron chi connectivity index (χ2n) is 7.00. The molecule has 1 amide bonds. The number of amides is 1. The average molecular weight is 412 g/mol. The number of nitrogens with two attached hydrogens (primary N) is 1. The van der Waals surface area contributed by atoms with Gasteiger partial charge in [-0.3, -0.25) is 13.9 Å². The molecule has 0 aliphatic carbocycles. The number of likely N-dealkylation sites (tertiary alicyclic amines) is 1. The van der Waals surface area contributed by atoms with Gasteiger partial charge < -0.3 is 20.6 Å².